The molecular weight excluding hydrogens is 383 g/mol. The Morgan fingerprint density at radius 1 is 1.00 bits per heavy atom. The minimum Gasteiger partial charge on any atom is -0.497 e. The molecule has 160 valence electrons. The van der Waals surface area contributed by atoms with Crippen molar-refractivity contribution in [3.05, 3.63) is 65.7 Å². The van der Waals surface area contributed by atoms with E-state index >= 15 is 0 Å². The van der Waals surface area contributed by atoms with Crippen LogP contribution in [0.4, 0.5) is 0 Å². The zero-order valence-electron chi connectivity index (χ0n) is 17.5. The third-order valence-electron chi connectivity index (χ3n) is 4.68. The number of hydrogen-bond donors (Lipinski definition) is 4. The predicted molar refractivity (Wildman–Crippen MR) is 116 cm³/mol. The van der Waals surface area contributed by atoms with Crippen molar-refractivity contribution in [1.29, 1.82) is 0 Å². The van der Waals surface area contributed by atoms with Crippen LogP contribution in [0.25, 0.3) is 0 Å². The van der Waals surface area contributed by atoms with Crippen molar-refractivity contribution in [3.63, 3.8) is 0 Å². The second-order valence-electron chi connectivity index (χ2n) is 7.59. The largest absolute Gasteiger partial charge is 0.497 e. The fourth-order valence-corrected chi connectivity index (χ4v) is 3.13. The molecule has 8 heteroatoms. The van der Waals surface area contributed by atoms with E-state index in [1.807, 2.05) is 19.9 Å². The van der Waals surface area contributed by atoms with Crippen molar-refractivity contribution < 1.29 is 24.4 Å². The van der Waals surface area contributed by atoms with Gasteiger partial charge in [-0.3, -0.25) is 9.59 Å². The first-order chi connectivity index (χ1) is 14.3. The van der Waals surface area contributed by atoms with E-state index in [9.17, 15) is 19.6 Å². The zero-order valence-corrected chi connectivity index (χ0v) is 17.5. The number of carbonyl (C=O) groups excluding carboxylic acids is 2. The monoisotopic (exact) mass is 412 g/mol. The minimum atomic E-state index is -1.66. The summed E-state index contributed by atoms with van der Waals surface area (Å²) in [6.07, 6.45) is 0.374. The third-order valence-corrected chi connectivity index (χ3v) is 4.68. The third kappa shape index (κ3) is 7.20. The van der Waals surface area contributed by atoms with E-state index < -0.39 is 19.1 Å². The van der Waals surface area contributed by atoms with Crippen LogP contribution in [-0.4, -0.2) is 42.0 Å². The fraction of sp³-hybridized carbons (Fsp3) is 0.364. The molecule has 0 saturated heterocycles. The zero-order chi connectivity index (χ0) is 22.1. The quantitative estimate of drug-likeness (QED) is 0.447. The van der Waals surface area contributed by atoms with Gasteiger partial charge < -0.3 is 25.4 Å². The lowest BCUT2D eigenvalue weighted by atomic mass is 9.75. The van der Waals surface area contributed by atoms with Gasteiger partial charge in [-0.25, -0.2) is 0 Å². The SMILES string of the molecule is COc1ccc([C@@H](CC(=O)N[C@@H](CC(C)C)B(O)O)NC(=O)c2ccccc2)cc1. The summed E-state index contributed by atoms with van der Waals surface area (Å²) in [6.45, 7) is 3.86. The molecule has 2 rings (SSSR count). The Hall–Kier alpha value is -2.84. The van der Waals surface area contributed by atoms with Crippen LogP contribution in [0.1, 0.15) is 48.7 Å². The molecule has 4 N–H and O–H groups in total. The van der Waals surface area contributed by atoms with Gasteiger partial charge in [0.25, 0.3) is 5.91 Å². The maximum atomic E-state index is 12.7. The molecule has 2 amide bonds. The summed E-state index contributed by atoms with van der Waals surface area (Å²) >= 11 is 0. The Bertz CT molecular complexity index is 812. The van der Waals surface area contributed by atoms with Crippen LogP contribution in [0.5, 0.6) is 5.75 Å². The maximum absolute atomic E-state index is 12.7. The highest BCUT2D eigenvalue weighted by Gasteiger charge is 2.27. The van der Waals surface area contributed by atoms with Crippen molar-refractivity contribution in [2.75, 3.05) is 7.11 Å². The van der Waals surface area contributed by atoms with Gasteiger partial charge in [-0.1, -0.05) is 44.2 Å². The molecular formula is C22H29BN2O5. The van der Waals surface area contributed by atoms with E-state index in [0.717, 1.165) is 5.56 Å². The molecule has 0 radical (unpaired) electrons. The normalized spacial score (nSPS) is 12.7. The standard InChI is InChI=1S/C22H29BN2O5/c1-15(2)13-20(23(28)29)25-21(26)14-19(16-9-11-18(30-3)12-10-16)24-22(27)17-7-5-4-6-8-17/h4-12,15,19-20,28-29H,13-14H2,1-3H3,(H,24,27)(H,25,26)/t19-,20+/m1/s1. The van der Waals surface area contributed by atoms with Gasteiger partial charge in [-0.2, -0.15) is 0 Å². The number of methoxy groups -OCH3 is 1. The van der Waals surface area contributed by atoms with Crippen LogP contribution in [0.3, 0.4) is 0 Å². The second kappa shape index (κ2) is 11.4. The molecule has 30 heavy (non-hydrogen) atoms. The van der Waals surface area contributed by atoms with E-state index in [2.05, 4.69) is 10.6 Å². The van der Waals surface area contributed by atoms with Crippen molar-refractivity contribution in [2.24, 2.45) is 5.92 Å². The van der Waals surface area contributed by atoms with Crippen LogP contribution in [0.2, 0.25) is 0 Å². The lowest BCUT2D eigenvalue weighted by Gasteiger charge is -2.23. The number of ether oxygens (including phenoxy) is 1. The fourth-order valence-electron chi connectivity index (χ4n) is 3.13. The minimum absolute atomic E-state index is 0.0494. The van der Waals surface area contributed by atoms with Gasteiger partial charge in [0, 0.05) is 5.56 Å². The Kier molecular flexibility index (Phi) is 8.89. The smallest absolute Gasteiger partial charge is 0.475 e. The molecule has 7 nitrogen and oxygen atoms in total. The summed E-state index contributed by atoms with van der Waals surface area (Å²) in [5.41, 5.74) is 1.22. The molecule has 0 fully saturated rings. The lowest BCUT2D eigenvalue weighted by molar-refractivity contribution is -0.122. The Morgan fingerprint density at radius 2 is 1.63 bits per heavy atom. The first-order valence-corrected chi connectivity index (χ1v) is 9.95. The van der Waals surface area contributed by atoms with E-state index in [1.165, 1.54) is 0 Å². The maximum Gasteiger partial charge on any atom is 0.475 e. The number of benzene rings is 2. The van der Waals surface area contributed by atoms with E-state index in [1.54, 1.807) is 55.6 Å². The van der Waals surface area contributed by atoms with Gasteiger partial charge in [0.1, 0.15) is 5.75 Å². The van der Waals surface area contributed by atoms with Crippen LogP contribution in [-0.2, 0) is 4.79 Å². The number of hydrogen-bond acceptors (Lipinski definition) is 5. The average molecular weight is 412 g/mol. The second-order valence-corrected chi connectivity index (χ2v) is 7.59. The molecule has 2 aromatic rings. The van der Waals surface area contributed by atoms with E-state index in [4.69, 9.17) is 4.74 Å². The van der Waals surface area contributed by atoms with Crippen LogP contribution < -0.4 is 15.4 Å². The molecule has 0 unspecified atom stereocenters. The summed E-state index contributed by atoms with van der Waals surface area (Å²) in [6, 6.07) is 15.2. The molecule has 0 bridgehead atoms. The van der Waals surface area contributed by atoms with Gasteiger partial charge in [0.15, 0.2) is 0 Å². The van der Waals surface area contributed by atoms with Crippen LogP contribution >= 0.6 is 0 Å². The van der Waals surface area contributed by atoms with Crippen molar-refractivity contribution in [3.8, 4) is 5.75 Å². The van der Waals surface area contributed by atoms with Gasteiger partial charge in [0.05, 0.1) is 25.5 Å². The topological polar surface area (TPSA) is 108 Å². The summed E-state index contributed by atoms with van der Waals surface area (Å²) in [5, 5.41) is 24.7. The molecule has 0 spiro atoms. The summed E-state index contributed by atoms with van der Waals surface area (Å²) in [5.74, 6) is -0.629. The molecule has 0 aromatic heterocycles. The Balaban J connectivity index is 2.17. The highest BCUT2D eigenvalue weighted by atomic mass is 16.5. The average Bonchev–Trinajstić information content (AvgIpc) is 2.73. The van der Waals surface area contributed by atoms with Gasteiger partial charge in [-0.15, -0.1) is 0 Å². The highest BCUT2D eigenvalue weighted by Crippen LogP contribution is 2.21. The first-order valence-electron chi connectivity index (χ1n) is 9.95. The van der Waals surface area contributed by atoms with Crippen molar-refractivity contribution >= 4 is 18.9 Å². The summed E-state index contributed by atoms with van der Waals surface area (Å²) in [4.78, 5) is 25.3. The molecule has 2 aromatic carbocycles. The highest BCUT2D eigenvalue weighted by molar-refractivity contribution is 6.43. The molecule has 2 atom stereocenters. The number of nitrogens with one attached hydrogen (secondary N) is 2. The first kappa shape index (κ1) is 23.4. The van der Waals surface area contributed by atoms with Crippen LogP contribution in [0, 0.1) is 5.92 Å². The molecule has 0 aliphatic heterocycles. The molecule has 0 aliphatic rings. The number of amides is 2. The van der Waals surface area contributed by atoms with E-state index in [0.29, 0.717) is 17.7 Å². The van der Waals surface area contributed by atoms with Crippen molar-refractivity contribution in [1.82, 2.24) is 10.6 Å². The van der Waals surface area contributed by atoms with Gasteiger partial charge in [-0.05, 0) is 42.2 Å². The molecule has 0 heterocycles. The molecule has 0 saturated carbocycles. The van der Waals surface area contributed by atoms with Crippen LogP contribution in [0.15, 0.2) is 54.6 Å². The molecule has 0 aliphatic carbocycles. The lowest BCUT2D eigenvalue weighted by Crippen LogP contribution is -2.48. The van der Waals surface area contributed by atoms with Gasteiger partial charge >= 0.3 is 7.12 Å². The Morgan fingerprint density at radius 3 is 2.17 bits per heavy atom. The summed E-state index contributed by atoms with van der Waals surface area (Å²) in [7, 11) is -0.0960. The predicted octanol–water partition coefficient (Wildman–Crippen LogP) is 2.10. The van der Waals surface area contributed by atoms with Crippen molar-refractivity contribution in [2.45, 2.75) is 38.7 Å². The van der Waals surface area contributed by atoms with E-state index in [-0.39, 0.29) is 24.2 Å². The number of carbonyl (C=O) groups is 2. The number of rotatable bonds is 10. The van der Waals surface area contributed by atoms with Gasteiger partial charge in [0.2, 0.25) is 5.91 Å². The Labute approximate surface area is 177 Å². The summed E-state index contributed by atoms with van der Waals surface area (Å²) < 4.78 is 5.17.